The highest BCUT2D eigenvalue weighted by molar-refractivity contribution is 7.91. The van der Waals surface area contributed by atoms with Crippen LogP contribution in [0.3, 0.4) is 0 Å². The molecule has 0 saturated carbocycles. The van der Waals surface area contributed by atoms with Crippen molar-refractivity contribution in [3.8, 4) is 11.6 Å². The van der Waals surface area contributed by atoms with E-state index in [1.807, 2.05) is 5.32 Å². The van der Waals surface area contributed by atoms with E-state index < -0.39 is 78.9 Å². The molecule has 0 atom stereocenters. The van der Waals surface area contributed by atoms with Crippen LogP contribution in [0, 0.1) is 0 Å². The lowest BCUT2D eigenvalue weighted by Crippen LogP contribution is -2.37. The molecule has 1 aromatic heterocycles. The van der Waals surface area contributed by atoms with E-state index in [1.54, 1.807) is 36.4 Å². The molecule has 0 aliphatic carbocycles. The van der Waals surface area contributed by atoms with Crippen LogP contribution in [0.4, 0.5) is 0 Å². The standard InChI is InChI=1S/C24H22ClN3O9S.C8H11NO2S.ClH/c1-38(36,37)15-8-6-13(7-9-15)10-26-21(32)18-20(31)19(22(33)27-11-17(29)30)24(35)28(23(18)34)12-14-4-2-3-5-16(14)25;1-12(10,11)8-4-2-7(6-9)3-5-8;/h2-9,31,34H,10-12H2,1H3,(H,26,32)(H,27,33)(H,29,30);2-5H,6,9H2,1H3;1H. The van der Waals surface area contributed by atoms with E-state index in [0.717, 1.165) is 11.8 Å². The number of hydrogen-bond acceptors (Lipinski definition) is 11. The minimum atomic E-state index is -3.44. The third-order valence-electron chi connectivity index (χ3n) is 6.94. The molecule has 0 saturated heterocycles. The molecular formula is C32H34Cl2N4O11S2. The van der Waals surface area contributed by atoms with Gasteiger partial charge >= 0.3 is 5.97 Å². The van der Waals surface area contributed by atoms with Crippen LogP contribution in [-0.4, -0.2) is 73.6 Å². The van der Waals surface area contributed by atoms with E-state index in [4.69, 9.17) is 22.4 Å². The zero-order valence-corrected chi connectivity index (χ0v) is 30.2. The van der Waals surface area contributed by atoms with Gasteiger partial charge in [0.2, 0.25) is 5.88 Å². The number of aromatic nitrogens is 1. The molecule has 7 N–H and O–H groups in total. The first-order valence-corrected chi connectivity index (χ1v) is 18.5. The van der Waals surface area contributed by atoms with Crippen LogP contribution in [-0.2, 0) is 44.1 Å². The molecule has 15 nitrogen and oxygen atoms in total. The average Bonchev–Trinajstić information content (AvgIpc) is 3.05. The van der Waals surface area contributed by atoms with Crippen molar-refractivity contribution in [2.45, 2.75) is 29.4 Å². The Morgan fingerprint density at radius 1 is 0.784 bits per heavy atom. The summed E-state index contributed by atoms with van der Waals surface area (Å²) in [5, 5.41) is 34.9. The number of aromatic hydroxyl groups is 2. The number of carboxylic acids is 1. The molecule has 2 amide bonds. The van der Waals surface area contributed by atoms with Gasteiger partial charge in [-0.05, 0) is 47.0 Å². The Balaban J connectivity index is 0.000000587. The van der Waals surface area contributed by atoms with Crippen molar-refractivity contribution in [1.82, 2.24) is 15.2 Å². The number of aliphatic carboxylic acids is 1. The maximum atomic E-state index is 13.1. The van der Waals surface area contributed by atoms with Gasteiger partial charge in [0.25, 0.3) is 17.4 Å². The van der Waals surface area contributed by atoms with Gasteiger partial charge in [0.15, 0.2) is 25.4 Å². The normalized spacial score (nSPS) is 11.0. The van der Waals surface area contributed by atoms with Gasteiger partial charge < -0.3 is 31.7 Å². The fourth-order valence-electron chi connectivity index (χ4n) is 4.30. The molecule has 0 bridgehead atoms. The Hall–Kier alpha value is -4.94. The van der Waals surface area contributed by atoms with Gasteiger partial charge in [-0.3, -0.25) is 23.7 Å². The predicted octanol–water partition coefficient (Wildman–Crippen LogP) is 2.08. The molecule has 4 rings (SSSR count). The van der Waals surface area contributed by atoms with Gasteiger partial charge in [0.05, 0.1) is 16.3 Å². The van der Waals surface area contributed by atoms with Gasteiger partial charge in [0, 0.05) is 30.6 Å². The molecular weight excluding hydrogens is 751 g/mol. The third-order valence-corrected chi connectivity index (χ3v) is 9.57. The molecule has 3 aromatic carbocycles. The highest BCUT2D eigenvalue weighted by Crippen LogP contribution is 2.30. The number of amides is 2. The number of nitrogens with one attached hydrogen (secondary N) is 2. The molecule has 1 heterocycles. The van der Waals surface area contributed by atoms with Crippen molar-refractivity contribution in [2.75, 3.05) is 19.1 Å². The summed E-state index contributed by atoms with van der Waals surface area (Å²) in [5.41, 5.74) is 4.13. The minimum absolute atomic E-state index is 0. The molecule has 51 heavy (non-hydrogen) atoms. The first-order chi connectivity index (χ1) is 23.3. The van der Waals surface area contributed by atoms with Gasteiger partial charge in [-0.2, -0.15) is 0 Å². The van der Waals surface area contributed by atoms with Crippen LogP contribution in [0.2, 0.25) is 5.02 Å². The summed E-state index contributed by atoms with van der Waals surface area (Å²) < 4.78 is 45.9. The van der Waals surface area contributed by atoms with E-state index in [9.17, 15) is 46.2 Å². The summed E-state index contributed by atoms with van der Waals surface area (Å²) in [4.78, 5) is 50.0. The fourth-order valence-corrected chi connectivity index (χ4v) is 5.75. The summed E-state index contributed by atoms with van der Waals surface area (Å²) >= 11 is 6.15. The van der Waals surface area contributed by atoms with Crippen LogP contribution in [0.5, 0.6) is 11.6 Å². The molecule has 0 aliphatic rings. The first-order valence-electron chi connectivity index (χ1n) is 14.3. The molecule has 0 fully saturated rings. The maximum absolute atomic E-state index is 13.1. The first kappa shape index (κ1) is 42.2. The van der Waals surface area contributed by atoms with E-state index in [-0.39, 0.29) is 28.9 Å². The third kappa shape index (κ3) is 11.3. The second kappa shape index (κ2) is 17.8. The lowest BCUT2D eigenvalue weighted by atomic mass is 10.1. The monoisotopic (exact) mass is 784 g/mol. The second-order valence-corrected chi connectivity index (χ2v) is 15.1. The van der Waals surface area contributed by atoms with Crippen molar-refractivity contribution in [3.63, 3.8) is 0 Å². The molecule has 0 spiro atoms. The Morgan fingerprint density at radius 3 is 1.75 bits per heavy atom. The predicted molar refractivity (Wildman–Crippen MR) is 190 cm³/mol. The summed E-state index contributed by atoms with van der Waals surface area (Å²) in [6.07, 6.45) is 2.22. The summed E-state index contributed by atoms with van der Waals surface area (Å²) in [5.74, 6) is -5.91. The topological polar surface area (TPSA) is 252 Å². The summed E-state index contributed by atoms with van der Waals surface area (Å²) in [7, 11) is -6.50. The molecule has 19 heteroatoms. The molecule has 274 valence electrons. The number of carbonyl (C=O) groups is 3. The smallest absolute Gasteiger partial charge is 0.322 e. The van der Waals surface area contributed by atoms with E-state index >= 15 is 0 Å². The van der Waals surface area contributed by atoms with Crippen molar-refractivity contribution in [2.24, 2.45) is 5.73 Å². The van der Waals surface area contributed by atoms with Crippen LogP contribution in [0.1, 0.15) is 37.4 Å². The number of benzene rings is 3. The molecule has 0 unspecified atom stereocenters. The lowest BCUT2D eigenvalue weighted by molar-refractivity contribution is -0.135. The maximum Gasteiger partial charge on any atom is 0.322 e. The molecule has 4 aromatic rings. The highest BCUT2D eigenvalue weighted by atomic mass is 35.5. The quantitative estimate of drug-likeness (QED) is 0.128. The van der Waals surface area contributed by atoms with Gasteiger partial charge in [-0.1, -0.05) is 54.1 Å². The Bertz CT molecular complexity index is 2190. The zero-order chi connectivity index (χ0) is 37.4. The summed E-state index contributed by atoms with van der Waals surface area (Å²) in [6, 6.07) is 18.4. The van der Waals surface area contributed by atoms with Crippen LogP contribution in [0.15, 0.2) is 87.4 Å². The number of halogens is 2. The van der Waals surface area contributed by atoms with Crippen molar-refractivity contribution in [1.29, 1.82) is 0 Å². The van der Waals surface area contributed by atoms with Crippen LogP contribution in [0.25, 0.3) is 0 Å². The molecule has 0 radical (unpaired) electrons. The summed E-state index contributed by atoms with van der Waals surface area (Å²) in [6.45, 7) is -1.01. The number of pyridine rings is 1. The van der Waals surface area contributed by atoms with Gasteiger partial charge in [0.1, 0.15) is 17.7 Å². The Labute approximate surface area is 303 Å². The minimum Gasteiger partial charge on any atom is -0.506 e. The van der Waals surface area contributed by atoms with E-state index in [0.29, 0.717) is 27.1 Å². The van der Waals surface area contributed by atoms with E-state index in [1.165, 1.54) is 42.7 Å². The number of hydrogen-bond donors (Lipinski definition) is 6. The number of carboxylic acid groups (broad SMARTS) is 1. The Morgan fingerprint density at radius 2 is 1.27 bits per heavy atom. The number of nitrogens with zero attached hydrogens (tertiary/aromatic N) is 1. The van der Waals surface area contributed by atoms with Crippen LogP contribution < -0.4 is 21.9 Å². The molecule has 0 aliphatic heterocycles. The van der Waals surface area contributed by atoms with Crippen molar-refractivity contribution >= 4 is 61.5 Å². The van der Waals surface area contributed by atoms with E-state index in [2.05, 4.69) is 5.32 Å². The van der Waals surface area contributed by atoms with Gasteiger partial charge in [-0.15, -0.1) is 12.4 Å². The van der Waals surface area contributed by atoms with Crippen molar-refractivity contribution in [3.05, 3.63) is 116 Å². The van der Waals surface area contributed by atoms with Gasteiger partial charge in [-0.25, -0.2) is 16.8 Å². The Kier molecular flexibility index (Phi) is 14.8. The van der Waals surface area contributed by atoms with Crippen molar-refractivity contribution < 1.29 is 46.5 Å². The average molecular weight is 786 g/mol. The van der Waals surface area contributed by atoms with Crippen LogP contribution >= 0.6 is 24.0 Å². The highest BCUT2D eigenvalue weighted by Gasteiger charge is 2.30. The number of nitrogens with two attached hydrogens (primary N) is 1. The zero-order valence-electron chi connectivity index (χ0n) is 27.0. The number of rotatable bonds is 11. The lowest BCUT2D eigenvalue weighted by Gasteiger charge is -2.17. The largest absolute Gasteiger partial charge is 0.506 e. The number of sulfone groups is 2. The number of carbonyl (C=O) groups excluding carboxylic acids is 2. The fraction of sp³-hybridized carbons (Fsp3) is 0.188. The second-order valence-electron chi connectivity index (χ2n) is 10.7. The SMILES string of the molecule is CS(=O)(=O)c1ccc(CN)cc1.CS(=O)(=O)c1ccc(CNC(=O)c2c(O)c(C(=O)NCC(=O)O)c(=O)n(Cc3ccccc3Cl)c2O)cc1.Cl.